The van der Waals surface area contributed by atoms with E-state index in [0.29, 0.717) is 25.9 Å². The molecule has 1 atom stereocenters. The van der Waals surface area contributed by atoms with Crippen molar-refractivity contribution in [3.63, 3.8) is 0 Å². The Bertz CT molecular complexity index is 414. The maximum Gasteiger partial charge on any atom is 0.310 e. The van der Waals surface area contributed by atoms with Crippen LogP contribution in [0.4, 0.5) is 0 Å². The first-order chi connectivity index (χ1) is 8.18. The molecule has 0 bridgehead atoms. The standard InChI is InChI=1S/C14H18O3/c1-17-9-8-14(13(15)16)7-6-11-4-2-3-5-12(11)10-14/h2-5H,6-10H2,1H3,(H,15,16). The minimum Gasteiger partial charge on any atom is -0.481 e. The molecule has 1 N–H and O–H groups in total. The van der Waals surface area contributed by atoms with Gasteiger partial charge in [-0.05, 0) is 36.8 Å². The molecule has 0 amide bonds. The van der Waals surface area contributed by atoms with Crippen molar-refractivity contribution in [3.05, 3.63) is 35.4 Å². The predicted molar refractivity (Wildman–Crippen MR) is 65.0 cm³/mol. The number of aryl methyl sites for hydroxylation is 1. The Morgan fingerprint density at radius 2 is 2.12 bits per heavy atom. The van der Waals surface area contributed by atoms with E-state index in [1.165, 1.54) is 11.1 Å². The fraction of sp³-hybridized carbons (Fsp3) is 0.500. The molecule has 0 aromatic heterocycles. The highest BCUT2D eigenvalue weighted by molar-refractivity contribution is 5.75. The number of fused-ring (bicyclic) bond motifs is 1. The van der Waals surface area contributed by atoms with Crippen LogP contribution in [0.2, 0.25) is 0 Å². The summed E-state index contributed by atoms with van der Waals surface area (Å²) in [6, 6.07) is 8.13. The molecule has 1 aliphatic carbocycles. The summed E-state index contributed by atoms with van der Waals surface area (Å²) in [5.41, 5.74) is 1.84. The molecule has 0 saturated carbocycles. The number of carboxylic acids is 1. The van der Waals surface area contributed by atoms with E-state index in [1.54, 1.807) is 7.11 Å². The summed E-state index contributed by atoms with van der Waals surface area (Å²) >= 11 is 0. The van der Waals surface area contributed by atoms with Gasteiger partial charge in [-0.15, -0.1) is 0 Å². The van der Waals surface area contributed by atoms with Gasteiger partial charge in [0.05, 0.1) is 5.41 Å². The van der Waals surface area contributed by atoms with Crippen molar-refractivity contribution in [1.29, 1.82) is 0 Å². The molecule has 0 radical (unpaired) electrons. The Labute approximate surface area is 101 Å². The fourth-order valence-corrected chi connectivity index (χ4v) is 2.60. The van der Waals surface area contributed by atoms with Crippen LogP contribution in [0.5, 0.6) is 0 Å². The van der Waals surface area contributed by atoms with Gasteiger partial charge in [0.2, 0.25) is 0 Å². The Morgan fingerprint density at radius 3 is 2.76 bits per heavy atom. The molecule has 17 heavy (non-hydrogen) atoms. The van der Waals surface area contributed by atoms with Crippen LogP contribution in [-0.2, 0) is 22.4 Å². The molecule has 1 unspecified atom stereocenters. The number of ether oxygens (including phenoxy) is 1. The van der Waals surface area contributed by atoms with Crippen molar-refractivity contribution in [1.82, 2.24) is 0 Å². The van der Waals surface area contributed by atoms with Crippen LogP contribution in [-0.4, -0.2) is 24.8 Å². The maximum absolute atomic E-state index is 11.5. The van der Waals surface area contributed by atoms with Crippen molar-refractivity contribution in [2.24, 2.45) is 5.41 Å². The average molecular weight is 234 g/mol. The van der Waals surface area contributed by atoms with Gasteiger partial charge in [0.1, 0.15) is 0 Å². The zero-order valence-electron chi connectivity index (χ0n) is 10.1. The number of carbonyl (C=O) groups is 1. The summed E-state index contributed by atoms with van der Waals surface area (Å²) in [6.07, 6.45) is 2.78. The summed E-state index contributed by atoms with van der Waals surface area (Å²) < 4.78 is 5.04. The quantitative estimate of drug-likeness (QED) is 0.869. The third-order valence-electron chi connectivity index (χ3n) is 3.76. The second-order valence-corrected chi connectivity index (χ2v) is 4.77. The van der Waals surface area contributed by atoms with Gasteiger partial charge in [-0.2, -0.15) is 0 Å². The average Bonchev–Trinajstić information content (AvgIpc) is 2.36. The highest BCUT2D eigenvalue weighted by Crippen LogP contribution is 2.38. The first-order valence-corrected chi connectivity index (χ1v) is 5.97. The topological polar surface area (TPSA) is 46.5 Å². The van der Waals surface area contributed by atoms with Gasteiger partial charge in [-0.3, -0.25) is 4.79 Å². The van der Waals surface area contributed by atoms with Crippen molar-refractivity contribution in [2.75, 3.05) is 13.7 Å². The molecule has 1 aromatic rings. The van der Waals surface area contributed by atoms with Crippen LogP contribution in [0.1, 0.15) is 24.0 Å². The molecule has 1 aliphatic rings. The molecule has 0 fully saturated rings. The zero-order chi connectivity index (χ0) is 12.3. The van der Waals surface area contributed by atoms with Crippen LogP contribution in [0, 0.1) is 5.41 Å². The van der Waals surface area contributed by atoms with E-state index in [9.17, 15) is 9.90 Å². The van der Waals surface area contributed by atoms with Crippen LogP contribution < -0.4 is 0 Å². The normalized spacial score (nSPS) is 23.1. The largest absolute Gasteiger partial charge is 0.481 e. The minimum atomic E-state index is -0.691. The van der Waals surface area contributed by atoms with Gasteiger partial charge in [0, 0.05) is 13.7 Å². The monoisotopic (exact) mass is 234 g/mol. The Balaban J connectivity index is 2.24. The van der Waals surface area contributed by atoms with Crippen molar-refractivity contribution in [3.8, 4) is 0 Å². The lowest BCUT2D eigenvalue weighted by Gasteiger charge is -2.34. The smallest absolute Gasteiger partial charge is 0.310 e. The van der Waals surface area contributed by atoms with Gasteiger partial charge in [0.25, 0.3) is 0 Å². The van der Waals surface area contributed by atoms with E-state index in [-0.39, 0.29) is 0 Å². The van der Waals surface area contributed by atoms with E-state index in [4.69, 9.17) is 4.74 Å². The summed E-state index contributed by atoms with van der Waals surface area (Å²) in [5, 5.41) is 9.49. The van der Waals surface area contributed by atoms with Crippen LogP contribution in [0.3, 0.4) is 0 Å². The Hall–Kier alpha value is -1.35. The van der Waals surface area contributed by atoms with E-state index in [1.807, 2.05) is 18.2 Å². The zero-order valence-corrected chi connectivity index (χ0v) is 10.1. The van der Waals surface area contributed by atoms with Crippen molar-refractivity contribution < 1.29 is 14.6 Å². The van der Waals surface area contributed by atoms with E-state index in [2.05, 4.69) is 6.07 Å². The second kappa shape index (κ2) is 4.88. The van der Waals surface area contributed by atoms with E-state index >= 15 is 0 Å². The summed E-state index contributed by atoms with van der Waals surface area (Å²) in [7, 11) is 1.62. The van der Waals surface area contributed by atoms with Crippen LogP contribution in [0.25, 0.3) is 0 Å². The number of hydrogen-bond acceptors (Lipinski definition) is 2. The molecular weight excluding hydrogens is 216 g/mol. The molecule has 2 rings (SSSR count). The third-order valence-corrected chi connectivity index (χ3v) is 3.76. The minimum absolute atomic E-state index is 0.508. The number of aliphatic carboxylic acids is 1. The molecule has 1 aromatic carbocycles. The molecule has 3 nitrogen and oxygen atoms in total. The first kappa shape index (κ1) is 12.1. The van der Waals surface area contributed by atoms with Crippen LogP contribution >= 0.6 is 0 Å². The Morgan fingerprint density at radius 1 is 1.41 bits per heavy atom. The fourth-order valence-electron chi connectivity index (χ4n) is 2.60. The lowest BCUT2D eigenvalue weighted by molar-refractivity contribution is -0.151. The van der Waals surface area contributed by atoms with Gasteiger partial charge >= 0.3 is 5.97 Å². The van der Waals surface area contributed by atoms with Crippen molar-refractivity contribution in [2.45, 2.75) is 25.7 Å². The molecule has 3 heteroatoms. The second-order valence-electron chi connectivity index (χ2n) is 4.77. The van der Waals surface area contributed by atoms with Crippen LogP contribution in [0.15, 0.2) is 24.3 Å². The molecule has 0 spiro atoms. The van der Waals surface area contributed by atoms with E-state index in [0.717, 1.165) is 6.42 Å². The predicted octanol–water partition coefficient (Wildman–Crippen LogP) is 2.28. The van der Waals surface area contributed by atoms with Crippen molar-refractivity contribution >= 4 is 5.97 Å². The molecule has 0 heterocycles. The number of benzene rings is 1. The van der Waals surface area contributed by atoms with Gasteiger partial charge in [-0.1, -0.05) is 24.3 Å². The number of methoxy groups -OCH3 is 1. The Kier molecular flexibility index (Phi) is 3.48. The number of carboxylic acid groups (broad SMARTS) is 1. The van der Waals surface area contributed by atoms with Gasteiger partial charge in [0.15, 0.2) is 0 Å². The summed E-state index contributed by atoms with van der Waals surface area (Å²) in [4.78, 5) is 11.5. The third kappa shape index (κ3) is 2.34. The SMILES string of the molecule is COCCC1(C(=O)O)CCc2ccccc2C1. The van der Waals surface area contributed by atoms with Gasteiger partial charge < -0.3 is 9.84 Å². The molecule has 92 valence electrons. The highest BCUT2D eigenvalue weighted by Gasteiger charge is 2.40. The molecule has 0 saturated heterocycles. The lowest BCUT2D eigenvalue weighted by atomic mass is 9.70. The van der Waals surface area contributed by atoms with E-state index < -0.39 is 11.4 Å². The lowest BCUT2D eigenvalue weighted by Crippen LogP contribution is -2.38. The summed E-state index contributed by atoms with van der Waals surface area (Å²) in [5.74, 6) is -0.691. The molecular formula is C14H18O3. The number of hydrogen-bond donors (Lipinski definition) is 1. The molecule has 0 aliphatic heterocycles. The highest BCUT2D eigenvalue weighted by atomic mass is 16.5. The number of rotatable bonds is 4. The first-order valence-electron chi connectivity index (χ1n) is 5.97. The van der Waals surface area contributed by atoms with Gasteiger partial charge in [-0.25, -0.2) is 0 Å². The maximum atomic E-state index is 11.5. The summed E-state index contributed by atoms with van der Waals surface area (Å²) in [6.45, 7) is 0.508.